The highest BCUT2D eigenvalue weighted by Crippen LogP contribution is 2.70. The van der Waals surface area contributed by atoms with Crippen LogP contribution in [0.15, 0.2) is 158 Å². The van der Waals surface area contributed by atoms with Crippen LogP contribution < -0.4 is 4.90 Å². The van der Waals surface area contributed by atoms with Crippen LogP contribution in [0.3, 0.4) is 0 Å². The van der Waals surface area contributed by atoms with Crippen molar-refractivity contribution in [2.24, 2.45) is 35.5 Å². The van der Waals surface area contributed by atoms with Gasteiger partial charge in [0.2, 0.25) is 0 Å². The highest BCUT2D eigenvalue weighted by molar-refractivity contribution is 6.10. The monoisotopic (exact) mass is 786 g/mol. The Kier molecular flexibility index (Phi) is 6.62. The van der Waals surface area contributed by atoms with Crippen LogP contribution in [0.4, 0.5) is 17.1 Å². The molecule has 6 saturated carbocycles. The molecule has 1 heterocycles. The van der Waals surface area contributed by atoms with Gasteiger partial charge in [0, 0.05) is 44.4 Å². The third kappa shape index (κ3) is 4.25. The number of benzene rings is 7. The van der Waals surface area contributed by atoms with Gasteiger partial charge in [0.15, 0.2) is 0 Å². The van der Waals surface area contributed by atoms with Gasteiger partial charge in [-0.15, -0.1) is 0 Å². The van der Waals surface area contributed by atoms with Crippen LogP contribution in [0.5, 0.6) is 0 Å². The molecule has 16 rings (SSSR count). The van der Waals surface area contributed by atoms with Crippen LogP contribution in [0.2, 0.25) is 0 Å². The zero-order chi connectivity index (χ0) is 39.6. The number of anilines is 3. The number of hydrogen-bond acceptors (Lipinski definition) is 1. The van der Waals surface area contributed by atoms with Crippen molar-refractivity contribution in [1.82, 2.24) is 4.57 Å². The Hall–Kier alpha value is -5.86. The van der Waals surface area contributed by atoms with E-state index in [1.807, 2.05) is 0 Å². The van der Waals surface area contributed by atoms with E-state index in [9.17, 15) is 0 Å². The quantitative estimate of drug-likeness (QED) is 0.172. The van der Waals surface area contributed by atoms with E-state index in [2.05, 4.69) is 167 Å². The minimum atomic E-state index is 0.112. The summed E-state index contributed by atoms with van der Waals surface area (Å²) in [6.07, 6.45) is 12.5. The van der Waals surface area contributed by atoms with Crippen LogP contribution in [-0.4, -0.2) is 4.57 Å². The van der Waals surface area contributed by atoms with Crippen LogP contribution in [0.1, 0.15) is 80.0 Å². The molecule has 3 atom stereocenters. The summed E-state index contributed by atoms with van der Waals surface area (Å²) in [5.41, 5.74) is 20.1. The number of para-hydroxylation sites is 2. The van der Waals surface area contributed by atoms with Gasteiger partial charge in [-0.2, -0.15) is 0 Å². The molecule has 8 aromatic rings. The lowest BCUT2D eigenvalue weighted by atomic mass is 9.43. The first kappa shape index (κ1) is 33.8. The SMILES string of the molecule is c1ccc(-n2c3ccccc3c3cc(N(c4ccc5c(c4)C4(CC6CCC4C6)c4ccccc4-5)c4ccc5c(c4)C4(c6ccccc6-5)C5CC6CC(C5)CC4C6)ccc32)cc1. The van der Waals surface area contributed by atoms with Crippen LogP contribution in [0, 0.1) is 35.5 Å². The van der Waals surface area contributed by atoms with Crippen LogP contribution in [0.25, 0.3) is 49.7 Å². The van der Waals surface area contributed by atoms with Gasteiger partial charge < -0.3 is 9.47 Å². The van der Waals surface area contributed by atoms with Gasteiger partial charge in [0.05, 0.1) is 11.0 Å². The Morgan fingerprint density at radius 2 is 0.984 bits per heavy atom. The first-order valence-electron chi connectivity index (χ1n) is 23.5. The van der Waals surface area contributed by atoms with Crippen molar-refractivity contribution in [3.05, 3.63) is 180 Å². The molecule has 0 aliphatic heterocycles. The molecule has 6 bridgehead atoms. The number of nitrogens with zero attached hydrogens (tertiary/aromatic N) is 2. The maximum Gasteiger partial charge on any atom is 0.0542 e. The van der Waals surface area contributed by atoms with Crippen molar-refractivity contribution in [2.45, 2.75) is 68.6 Å². The predicted molar refractivity (Wildman–Crippen MR) is 250 cm³/mol. The Bertz CT molecular complexity index is 3120. The minimum Gasteiger partial charge on any atom is -0.310 e. The summed E-state index contributed by atoms with van der Waals surface area (Å²) in [6, 6.07) is 61.6. The lowest BCUT2D eigenvalue weighted by molar-refractivity contribution is -0.0399. The second-order valence-corrected chi connectivity index (χ2v) is 20.5. The molecule has 2 heteroatoms. The molecule has 61 heavy (non-hydrogen) atoms. The summed E-state index contributed by atoms with van der Waals surface area (Å²) in [5.74, 6) is 4.85. The molecule has 0 amide bonds. The van der Waals surface area contributed by atoms with Crippen molar-refractivity contribution in [3.63, 3.8) is 0 Å². The van der Waals surface area contributed by atoms with Gasteiger partial charge in [-0.3, -0.25) is 0 Å². The van der Waals surface area contributed by atoms with E-state index < -0.39 is 0 Å². The van der Waals surface area contributed by atoms with Gasteiger partial charge in [-0.25, -0.2) is 0 Å². The van der Waals surface area contributed by atoms with Gasteiger partial charge >= 0.3 is 0 Å². The van der Waals surface area contributed by atoms with E-state index in [0.29, 0.717) is 0 Å². The maximum atomic E-state index is 2.70. The number of rotatable bonds is 4. The molecular weight excluding hydrogens is 737 g/mol. The maximum absolute atomic E-state index is 2.70. The summed E-state index contributed by atoms with van der Waals surface area (Å²) < 4.78 is 2.45. The van der Waals surface area contributed by atoms with Crippen molar-refractivity contribution >= 4 is 38.9 Å². The Morgan fingerprint density at radius 3 is 1.72 bits per heavy atom. The van der Waals surface area contributed by atoms with E-state index in [1.54, 1.807) is 22.3 Å². The molecule has 3 unspecified atom stereocenters. The highest BCUT2D eigenvalue weighted by atomic mass is 15.1. The summed E-state index contributed by atoms with van der Waals surface area (Å²) in [5, 5.41) is 2.59. The van der Waals surface area contributed by atoms with Gasteiger partial charge in [0.25, 0.3) is 0 Å². The normalized spacial score (nSPS) is 29.2. The molecule has 8 aliphatic carbocycles. The fourth-order valence-corrected chi connectivity index (χ4v) is 16.2. The molecule has 2 spiro atoms. The molecule has 6 fully saturated rings. The average molecular weight is 787 g/mol. The molecule has 7 aromatic carbocycles. The van der Waals surface area contributed by atoms with Crippen molar-refractivity contribution in [2.75, 3.05) is 4.90 Å². The number of aromatic nitrogens is 1. The van der Waals surface area contributed by atoms with Gasteiger partial charge in [0.1, 0.15) is 0 Å². The topological polar surface area (TPSA) is 8.17 Å². The fraction of sp³-hybridized carbons (Fsp3) is 0.288. The summed E-state index contributed by atoms with van der Waals surface area (Å²) in [6.45, 7) is 0. The van der Waals surface area contributed by atoms with Crippen molar-refractivity contribution < 1.29 is 0 Å². The summed E-state index contributed by atoms with van der Waals surface area (Å²) >= 11 is 0. The Labute approximate surface area is 358 Å². The standard InChI is InChI=1S/C59H50N2/c1-2-10-42(11-3-1)61-56-17-9-6-14-50(56)51-32-43(22-25-57(51)61)60(44-20-23-48-46-12-4-7-15-52(46)58(54(48)33-44)35-36-18-19-39(58)27-36)45-21-24-49-47-13-5-8-16-53(47)59(55(49)34-45)40-28-37-26-38(30-40)31-41(59)29-37/h1-17,20-25,32-34,36-41H,18-19,26-31,35H2. The van der Waals surface area contributed by atoms with E-state index in [-0.39, 0.29) is 10.8 Å². The van der Waals surface area contributed by atoms with E-state index in [0.717, 1.165) is 35.5 Å². The molecule has 0 radical (unpaired) electrons. The lowest BCUT2D eigenvalue weighted by Crippen LogP contribution is -2.55. The average Bonchev–Trinajstić information content (AvgIpc) is 4.12. The highest BCUT2D eigenvalue weighted by Gasteiger charge is 2.62. The third-order valence-corrected chi connectivity index (χ3v) is 18.0. The molecule has 2 nitrogen and oxygen atoms in total. The molecule has 1 aromatic heterocycles. The Morgan fingerprint density at radius 1 is 0.410 bits per heavy atom. The summed E-state index contributed by atoms with van der Waals surface area (Å²) in [4.78, 5) is 2.66. The van der Waals surface area contributed by atoms with Crippen LogP contribution in [-0.2, 0) is 10.8 Å². The minimum absolute atomic E-state index is 0.112. The lowest BCUT2D eigenvalue weighted by Gasteiger charge is -2.61. The smallest absolute Gasteiger partial charge is 0.0542 e. The second kappa shape index (κ2) is 11.9. The fourth-order valence-electron chi connectivity index (χ4n) is 16.2. The van der Waals surface area contributed by atoms with E-state index in [4.69, 9.17) is 0 Å². The molecule has 0 saturated heterocycles. The first-order chi connectivity index (χ1) is 30.2. The van der Waals surface area contributed by atoms with Gasteiger partial charge in [-0.05, 0) is 192 Å². The van der Waals surface area contributed by atoms with Crippen LogP contribution >= 0.6 is 0 Å². The Balaban J connectivity index is 0.975. The molecule has 0 N–H and O–H groups in total. The third-order valence-electron chi connectivity index (χ3n) is 18.0. The molecular formula is C59H50N2. The van der Waals surface area contributed by atoms with Crippen molar-refractivity contribution in [1.29, 1.82) is 0 Å². The second-order valence-electron chi connectivity index (χ2n) is 20.5. The van der Waals surface area contributed by atoms with Gasteiger partial charge in [-0.1, -0.05) is 103 Å². The predicted octanol–water partition coefficient (Wildman–Crippen LogP) is 15.1. The zero-order valence-corrected chi connectivity index (χ0v) is 34.7. The first-order valence-corrected chi connectivity index (χ1v) is 23.5. The van der Waals surface area contributed by atoms with Crippen molar-refractivity contribution in [3.8, 4) is 27.9 Å². The summed E-state index contributed by atoms with van der Waals surface area (Å²) in [7, 11) is 0. The molecule has 296 valence electrons. The zero-order valence-electron chi connectivity index (χ0n) is 34.7. The number of hydrogen-bond donors (Lipinski definition) is 0. The molecule has 8 aliphatic rings. The number of fused-ring (bicyclic) bond motifs is 14. The van der Waals surface area contributed by atoms with E-state index in [1.165, 1.54) is 125 Å². The largest absolute Gasteiger partial charge is 0.310 e. The van der Waals surface area contributed by atoms with E-state index >= 15 is 0 Å².